The first-order chi connectivity index (χ1) is 13.6. The van der Waals surface area contributed by atoms with E-state index in [1.165, 1.54) is 19.8 Å². The quantitative estimate of drug-likeness (QED) is 0.582. The molecule has 0 radical (unpaired) electrons. The molecule has 11 heteroatoms. The minimum atomic E-state index is -0.423. The van der Waals surface area contributed by atoms with E-state index in [0.29, 0.717) is 42.3 Å². The zero-order valence-electron chi connectivity index (χ0n) is 14.9. The van der Waals surface area contributed by atoms with Crippen molar-refractivity contribution in [3.63, 3.8) is 0 Å². The number of nitrogens with zero attached hydrogens (tertiary/aromatic N) is 6. The number of hydrogen-bond acceptors (Lipinski definition) is 10. The van der Waals surface area contributed by atoms with E-state index in [-0.39, 0.29) is 22.8 Å². The minimum absolute atomic E-state index is 0.0301. The van der Waals surface area contributed by atoms with E-state index < -0.39 is 5.78 Å². The molecular formula is C17H16N8O3. The summed E-state index contributed by atoms with van der Waals surface area (Å²) in [5, 5.41) is 3.09. The van der Waals surface area contributed by atoms with E-state index in [4.69, 9.17) is 10.5 Å². The second kappa shape index (κ2) is 7.02. The van der Waals surface area contributed by atoms with Gasteiger partial charge < -0.3 is 20.4 Å². The van der Waals surface area contributed by atoms with Gasteiger partial charge in [0.25, 0.3) is 0 Å². The molecule has 11 nitrogen and oxygen atoms in total. The lowest BCUT2D eigenvalue weighted by molar-refractivity contribution is 0.0914. The van der Waals surface area contributed by atoms with E-state index in [0.717, 1.165) is 6.08 Å². The molecular weight excluding hydrogens is 364 g/mol. The fourth-order valence-corrected chi connectivity index (χ4v) is 2.97. The van der Waals surface area contributed by atoms with Crippen LogP contribution in [-0.2, 0) is 11.3 Å². The Labute approximate surface area is 158 Å². The van der Waals surface area contributed by atoms with Crippen molar-refractivity contribution in [2.75, 3.05) is 24.7 Å². The number of allylic oxidation sites excluding steroid dienone is 2. The SMILES string of the molecule is COC1=CC(=O)c2ncnc(NCCCn3cnc4c(N)ncnc43)c2C1=O. The fourth-order valence-electron chi connectivity index (χ4n) is 2.97. The van der Waals surface area contributed by atoms with Gasteiger partial charge in [-0.1, -0.05) is 0 Å². The third-order valence-electron chi connectivity index (χ3n) is 4.31. The van der Waals surface area contributed by atoms with Gasteiger partial charge in [-0.15, -0.1) is 0 Å². The summed E-state index contributed by atoms with van der Waals surface area (Å²) in [6.45, 7) is 1.11. The number of anilines is 2. The highest BCUT2D eigenvalue weighted by molar-refractivity contribution is 6.24. The summed E-state index contributed by atoms with van der Waals surface area (Å²) in [5.74, 6) is -0.211. The highest BCUT2D eigenvalue weighted by atomic mass is 16.5. The normalized spacial score (nSPS) is 13.4. The number of rotatable bonds is 6. The summed E-state index contributed by atoms with van der Waals surface area (Å²) in [7, 11) is 1.34. The number of hydrogen-bond donors (Lipinski definition) is 2. The molecule has 0 aliphatic heterocycles. The molecule has 0 saturated heterocycles. The molecule has 0 saturated carbocycles. The maximum Gasteiger partial charge on any atom is 0.233 e. The number of imidazole rings is 1. The van der Waals surface area contributed by atoms with E-state index in [1.807, 2.05) is 4.57 Å². The van der Waals surface area contributed by atoms with E-state index in [2.05, 4.69) is 30.2 Å². The van der Waals surface area contributed by atoms with Crippen LogP contribution in [0.25, 0.3) is 11.2 Å². The van der Waals surface area contributed by atoms with Gasteiger partial charge in [-0.25, -0.2) is 24.9 Å². The van der Waals surface area contributed by atoms with Crippen molar-refractivity contribution < 1.29 is 14.3 Å². The maximum absolute atomic E-state index is 12.5. The topological polar surface area (TPSA) is 151 Å². The summed E-state index contributed by atoms with van der Waals surface area (Å²) in [5.41, 5.74) is 7.19. The Bertz CT molecular complexity index is 1120. The van der Waals surface area contributed by atoms with Gasteiger partial charge in [0.2, 0.25) is 11.6 Å². The Morgan fingerprint density at radius 1 is 1.14 bits per heavy atom. The van der Waals surface area contributed by atoms with Crippen LogP contribution in [0.2, 0.25) is 0 Å². The van der Waals surface area contributed by atoms with Crippen molar-refractivity contribution in [3.05, 3.63) is 42.1 Å². The number of carbonyl (C=O) groups excluding carboxylic acids is 2. The summed E-state index contributed by atoms with van der Waals surface area (Å²) in [4.78, 5) is 45.0. The molecule has 0 bridgehead atoms. The molecule has 3 aromatic heterocycles. The molecule has 0 unspecified atom stereocenters. The number of ether oxygens (including phenoxy) is 1. The standard InChI is InChI=1S/C17H16N8O3/c1-28-10-5-9(26)12-11(14(10)27)16(22-6-20-12)19-3-2-4-25-8-24-13-15(18)21-7-23-17(13)25/h5-8H,2-4H2,1H3,(H2,18,21,23)(H,19,20,22). The first kappa shape index (κ1) is 17.5. The van der Waals surface area contributed by atoms with Gasteiger partial charge in [0.05, 0.1) is 19.0 Å². The first-order valence-corrected chi connectivity index (χ1v) is 8.45. The Morgan fingerprint density at radius 3 is 2.79 bits per heavy atom. The summed E-state index contributed by atoms with van der Waals surface area (Å²) in [6.07, 6.45) is 6.12. The lowest BCUT2D eigenvalue weighted by Crippen LogP contribution is -2.23. The molecule has 1 aliphatic rings. The molecule has 1 aliphatic carbocycles. The monoisotopic (exact) mass is 380 g/mol. The lowest BCUT2D eigenvalue weighted by atomic mass is 9.98. The van der Waals surface area contributed by atoms with E-state index in [9.17, 15) is 9.59 Å². The molecule has 142 valence electrons. The molecule has 0 atom stereocenters. The van der Waals surface area contributed by atoms with Gasteiger partial charge in [0, 0.05) is 19.2 Å². The summed E-state index contributed by atoms with van der Waals surface area (Å²) in [6, 6.07) is 0. The Balaban J connectivity index is 1.47. The van der Waals surface area contributed by atoms with Crippen LogP contribution in [0.5, 0.6) is 0 Å². The molecule has 3 N–H and O–H groups in total. The van der Waals surface area contributed by atoms with Gasteiger partial charge in [0.1, 0.15) is 29.7 Å². The van der Waals surface area contributed by atoms with Gasteiger partial charge in [-0.3, -0.25) is 9.59 Å². The van der Waals surface area contributed by atoms with Crippen LogP contribution in [-0.4, -0.2) is 54.7 Å². The van der Waals surface area contributed by atoms with Crippen LogP contribution >= 0.6 is 0 Å². The second-order valence-corrected chi connectivity index (χ2v) is 6.00. The van der Waals surface area contributed by atoms with Gasteiger partial charge >= 0.3 is 0 Å². The van der Waals surface area contributed by atoms with Crippen LogP contribution < -0.4 is 11.1 Å². The van der Waals surface area contributed by atoms with Crippen LogP contribution in [0.15, 0.2) is 30.8 Å². The largest absolute Gasteiger partial charge is 0.492 e. The predicted molar refractivity (Wildman–Crippen MR) is 98.6 cm³/mol. The molecule has 3 aromatic rings. The molecule has 3 heterocycles. The number of nitrogen functional groups attached to an aromatic ring is 1. The number of fused-ring (bicyclic) bond motifs is 2. The number of aryl methyl sites for hydroxylation is 1. The van der Waals surface area contributed by atoms with Crippen molar-refractivity contribution in [2.45, 2.75) is 13.0 Å². The number of aromatic nitrogens is 6. The number of Topliss-reactive ketones (excluding diaryl/α,β-unsaturated/α-hetero) is 1. The molecule has 4 rings (SSSR count). The van der Waals surface area contributed by atoms with Gasteiger partial charge in [-0.05, 0) is 6.42 Å². The molecule has 0 spiro atoms. The molecule has 0 amide bonds. The maximum atomic E-state index is 12.5. The van der Waals surface area contributed by atoms with Crippen LogP contribution in [0.3, 0.4) is 0 Å². The fraction of sp³-hybridized carbons (Fsp3) is 0.235. The Morgan fingerprint density at radius 2 is 1.96 bits per heavy atom. The number of nitrogens with two attached hydrogens (primary N) is 1. The van der Waals surface area contributed by atoms with Crippen molar-refractivity contribution in [2.24, 2.45) is 0 Å². The van der Waals surface area contributed by atoms with Gasteiger partial charge in [0.15, 0.2) is 17.2 Å². The number of ketones is 2. The predicted octanol–water partition coefficient (Wildman–Crippen LogP) is 0.610. The average molecular weight is 380 g/mol. The van der Waals surface area contributed by atoms with Gasteiger partial charge in [-0.2, -0.15) is 0 Å². The minimum Gasteiger partial charge on any atom is -0.492 e. The lowest BCUT2D eigenvalue weighted by Gasteiger charge is -2.16. The molecule has 0 fully saturated rings. The number of nitrogens with one attached hydrogen (secondary N) is 1. The number of carbonyl (C=O) groups is 2. The summed E-state index contributed by atoms with van der Waals surface area (Å²) >= 11 is 0. The Kier molecular flexibility index (Phi) is 4.39. The van der Waals surface area contributed by atoms with Crippen LogP contribution in [0, 0.1) is 0 Å². The smallest absolute Gasteiger partial charge is 0.233 e. The third-order valence-corrected chi connectivity index (χ3v) is 4.31. The van der Waals surface area contributed by atoms with Crippen molar-refractivity contribution in [1.82, 2.24) is 29.5 Å². The third kappa shape index (κ3) is 2.92. The summed E-state index contributed by atoms with van der Waals surface area (Å²) < 4.78 is 6.85. The average Bonchev–Trinajstić information content (AvgIpc) is 3.12. The highest BCUT2D eigenvalue weighted by Crippen LogP contribution is 2.25. The van der Waals surface area contributed by atoms with Crippen molar-refractivity contribution in [1.29, 1.82) is 0 Å². The van der Waals surface area contributed by atoms with E-state index >= 15 is 0 Å². The zero-order chi connectivity index (χ0) is 19.7. The molecule has 0 aromatic carbocycles. The number of methoxy groups -OCH3 is 1. The Hall–Kier alpha value is -3.89. The second-order valence-electron chi connectivity index (χ2n) is 6.00. The zero-order valence-corrected chi connectivity index (χ0v) is 14.9. The van der Waals surface area contributed by atoms with Crippen molar-refractivity contribution in [3.8, 4) is 0 Å². The van der Waals surface area contributed by atoms with Crippen LogP contribution in [0.4, 0.5) is 11.6 Å². The first-order valence-electron chi connectivity index (χ1n) is 8.45. The molecule has 28 heavy (non-hydrogen) atoms. The van der Waals surface area contributed by atoms with E-state index in [1.54, 1.807) is 6.33 Å². The van der Waals surface area contributed by atoms with Crippen molar-refractivity contribution >= 4 is 34.4 Å². The van der Waals surface area contributed by atoms with Crippen LogP contribution in [0.1, 0.15) is 27.3 Å². The highest BCUT2D eigenvalue weighted by Gasteiger charge is 2.31.